The Hall–Kier alpha value is -1.89. The minimum absolute atomic E-state index is 1.10. The molecule has 0 spiro atoms. The molecule has 1 heteroatoms. The molecule has 1 heterocycles. The topological polar surface area (TPSA) is 3.88 Å². The van der Waals surface area contributed by atoms with Crippen molar-refractivity contribution in [1.82, 2.24) is 0 Å². The van der Waals surface area contributed by atoms with Gasteiger partial charge in [-0.2, -0.15) is 0 Å². The standard InChI is InChI=1S/C15H16N/c1-12(2)13-8-4-5-9-14(13)15-10-6-7-11-16(15)3/h4-11H,1H2,2-3H3/q+1. The van der Waals surface area contributed by atoms with Crippen molar-refractivity contribution in [3.8, 4) is 11.3 Å². The molecule has 80 valence electrons. The van der Waals surface area contributed by atoms with E-state index in [1.54, 1.807) is 0 Å². The fourth-order valence-electron chi connectivity index (χ4n) is 1.88. The Bertz CT molecular complexity index is 526. The molecule has 0 amide bonds. The fourth-order valence-corrected chi connectivity index (χ4v) is 1.88. The van der Waals surface area contributed by atoms with E-state index in [0.29, 0.717) is 0 Å². The Morgan fingerprint density at radius 2 is 1.75 bits per heavy atom. The maximum absolute atomic E-state index is 4.03. The molecule has 0 aliphatic rings. The molecule has 0 saturated carbocycles. The fraction of sp³-hybridized carbons (Fsp3) is 0.133. The van der Waals surface area contributed by atoms with E-state index < -0.39 is 0 Å². The van der Waals surface area contributed by atoms with Crippen LogP contribution in [0, 0.1) is 0 Å². The first-order valence-electron chi connectivity index (χ1n) is 5.40. The van der Waals surface area contributed by atoms with E-state index in [-0.39, 0.29) is 0 Å². The van der Waals surface area contributed by atoms with Crippen molar-refractivity contribution >= 4 is 5.57 Å². The van der Waals surface area contributed by atoms with Crippen LogP contribution < -0.4 is 4.57 Å². The molecule has 2 rings (SSSR count). The first-order valence-corrected chi connectivity index (χ1v) is 5.40. The van der Waals surface area contributed by atoms with Crippen molar-refractivity contribution in [3.63, 3.8) is 0 Å². The predicted molar refractivity (Wildman–Crippen MR) is 67.8 cm³/mol. The molecule has 1 nitrogen and oxygen atoms in total. The van der Waals surface area contributed by atoms with Crippen LogP contribution in [0.25, 0.3) is 16.8 Å². The molecule has 1 aromatic carbocycles. The molecule has 0 unspecified atom stereocenters. The lowest BCUT2D eigenvalue weighted by molar-refractivity contribution is -0.660. The first-order chi connectivity index (χ1) is 7.70. The van der Waals surface area contributed by atoms with E-state index in [4.69, 9.17) is 0 Å². The van der Waals surface area contributed by atoms with Crippen molar-refractivity contribution in [1.29, 1.82) is 0 Å². The Labute approximate surface area is 96.7 Å². The Morgan fingerprint density at radius 3 is 2.44 bits per heavy atom. The number of aromatic nitrogens is 1. The van der Waals surface area contributed by atoms with Gasteiger partial charge in [-0.3, -0.25) is 0 Å². The lowest BCUT2D eigenvalue weighted by Crippen LogP contribution is -2.30. The van der Waals surface area contributed by atoms with Crippen LogP contribution in [-0.4, -0.2) is 0 Å². The lowest BCUT2D eigenvalue weighted by Gasteiger charge is -2.07. The number of allylic oxidation sites excluding steroid dienone is 1. The average Bonchev–Trinajstić information content (AvgIpc) is 2.29. The second-order valence-corrected chi connectivity index (χ2v) is 4.02. The van der Waals surface area contributed by atoms with Gasteiger partial charge in [-0.05, 0) is 24.6 Å². The summed E-state index contributed by atoms with van der Waals surface area (Å²) < 4.78 is 2.13. The highest BCUT2D eigenvalue weighted by atomic mass is 14.9. The van der Waals surface area contributed by atoms with Crippen LogP contribution in [0.4, 0.5) is 0 Å². The number of hydrogen-bond acceptors (Lipinski definition) is 0. The Morgan fingerprint density at radius 1 is 1.06 bits per heavy atom. The van der Waals surface area contributed by atoms with Gasteiger partial charge in [0.05, 0.1) is 5.56 Å². The van der Waals surface area contributed by atoms with E-state index in [0.717, 1.165) is 5.57 Å². The number of benzene rings is 1. The lowest BCUT2D eigenvalue weighted by atomic mass is 9.99. The number of rotatable bonds is 2. The van der Waals surface area contributed by atoms with Crippen LogP contribution in [0.2, 0.25) is 0 Å². The number of pyridine rings is 1. The van der Waals surface area contributed by atoms with Gasteiger partial charge in [0.2, 0.25) is 5.69 Å². The van der Waals surface area contributed by atoms with Crippen LogP contribution in [0.15, 0.2) is 55.2 Å². The molecule has 0 fully saturated rings. The molecule has 0 radical (unpaired) electrons. The van der Waals surface area contributed by atoms with E-state index in [1.807, 2.05) is 13.0 Å². The number of aryl methyl sites for hydroxylation is 1. The summed E-state index contributed by atoms with van der Waals surface area (Å²) >= 11 is 0. The van der Waals surface area contributed by atoms with E-state index in [2.05, 4.69) is 60.8 Å². The smallest absolute Gasteiger partial charge is 0.201 e. The van der Waals surface area contributed by atoms with Gasteiger partial charge >= 0.3 is 0 Å². The van der Waals surface area contributed by atoms with Gasteiger partial charge in [0.1, 0.15) is 7.05 Å². The highest BCUT2D eigenvalue weighted by Gasteiger charge is 2.12. The molecular weight excluding hydrogens is 194 g/mol. The summed E-state index contributed by atoms with van der Waals surface area (Å²) in [6.45, 7) is 6.08. The molecule has 0 aliphatic heterocycles. The van der Waals surface area contributed by atoms with Gasteiger partial charge in [0.15, 0.2) is 6.20 Å². The van der Waals surface area contributed by atoms with Crippen molar-refractivity contribution in [2.24, 2.45) is 7.05 Å². The van der Waals surface area contributed by atoms with Crippen molar-refractivity contribution in [3.05, 3.63) is 60.8 Å². The third-order valence-corrected chi connectivity index (χ3v) is 2.72. The zero-order chi connectivity index (χ0) is 11.5. The second-order valence-electron chi connectivity index (χ2n) is 4.02. The number of hydrogen-bond donors (Lipinski definition) is 0. The Kier molecular flexibility index (Phi) is 2.86. The summed E-state index contributed by atoms with van der Waals surface area (Å²) in [7, 11) is 2.06. The van der Waals surface area contributed by atoms with E-state index in [9.17, 15) is 0 Å². The van der Waals surface area contributed by atoms with Crippen LogP contribution in [0.1, 0.15) is 12.5 Å². The molecule has 0 atom stereocenters. The molecule has 1 aromatic heterocycles. The summed E-state index contributed by atoms with van der Waals surface area (Å²) in [6, 6.07) is 14.6. The zero-order valence-corrected chi connectivity index (χ0v) is 9.77. The quantitative estimate of drug-likeness (QED) is 0.670. The second kappa shape index (κ2) is 4.31. The summed E-state index contributed by atoms with van der Waals surface area (Å²) in [4.78, 5) is 0. The Balaban J connectivity index is 2.65. The van der Waals surface area contributed by atoms with Crippen LogP contribution in [0.3, 0.4) is 0 Å². The molecule has 16 heavy (non-hydrogen) atoms. The van der Waals surface area contributed by atoms with Gasteiger partial charge in [0.25, 0.3) is 0 Å². The van der Waals surface area contributed by atoms with Gasteiger partial charge in [-0.25, -0.2) is 4.57 Å². The third-order valence-electron chi connectivity index (χ3n) is 2.72. The van der Waals surface area contributed by atoms with Crippen molar-refractivity contribution < 1.29 is 4.57 Å². The molecule has 0 aliphatic carbocycles. The van der Waals surface area contributed by atoms with Gasteiger partial charge in [0, 0.05) is 12.1 Å². The van der Waals surface area contributed by atoms with Crippen molar-refractivity contribution in [2.75, 3.05) is 0 Å². The monoisotopic (exact) mass is 210 g/mol. The molecule has 2 aromatic rings. The molecule has 0 N–H and O–H groups in total. The minimum Gasteiger partial charge on any atom is -0.201 e. The van der Waals surface area contributed by atoms with Crippen LogP contribution in [0.5, 0.6) is 0 Å². The maximum atomic E-state index is 4.03. The largest absolute Gasteiger partial charge is 0.212 e. The minimum atomic E-state index is 1.10. The first kappa shape index (κ1) is 10.6. The third kappa shape index (κ3) is 1.89. The number of nitrogens with zero attached hydrogens (tertiary/aromatic N) is 1. The SMILES string of the molecule is C=C(C)c1ccccc1-c1cccc[n+]1C. The van der Waals surface area contributed by atoms with Gasteiger partial charge in [-0.15, -0.1) is 0 Å². The van der Waals surface area contributed by atoms with Crippen LogP contribution >= 0.6 is 0 Å². The van der Waals surface area contributed by atoms with Gasteiger partial charge < -0.3 is 0 Å². The normalized spacial score (nSPS) is 10.1. The predicted octanol–water partition coefficient (Wildman–Crippen LogP) is 3.21. The zero-order valence-electron chi connectivity index (χ0n) is 9.77. The summed E-state index contributed by atoms with van der Waals surface area (Å²) in [5, 5.41) is 0. The average molecular weight is 210 g/mol. The van der Waals surface area contributed by atoms with Crippen molar-refractivity contribution in [2.45, 2.75) is 6.92 Å². The van der Waals surface area contributed by atoms with Crippen LogP contribution in [-0.2, 0) is 7.05 Å². The maximum Gasteiger partial charge on any atom is 0.212 e. The summed E-state index contributed by atoms with van der Waals surface area (Å²) in [6.07, 6.45) is 2.06. The molecular formula is C15H16N+. The van der Waals surface area contributed by atoms with Gasteiger partial charge in [-0.1, -0.05) is 30.4 Å². The van der Waals surface area contributed by atoms with E-state index >= 15 is 0 Å². The highest BCUT2D eigenvalue weighted by molar-refractivity contribution is 5.76. The molecule has 0 saturated heterocycles. The highest BCUT2D eigenvalue weighted by Crippen LogP contribution is 2.25. The summed E-state index contributed by atoms with van der Waals surface area (Å²) in [5.74, 6) is 0. The molecule has 0 bridgehead atoms. The van der Waals surface area contributed by atoms with E-state index in [1.165, 1.54) is 16.8 Å². The summed E-state index contributed by atoms with van der Waals surface area (Å²) in [5.41, 5.74) is 4.75.